The number of allylic oxidation sites excluding steroid dienone is 1. The molecular weight excluding hydrogens is 356 g/mol. The second-order valence-corrected chi connectivity index (χ2v) is 11.9. The molecule has 0 unspecified atom stereocenters. The van der Waals surface area contributed by atoms with Gasteiger partial charge in [-0.05, 0) is 92.3 Å². The summed E-state index contributed by atoms with van der Waals surface area (Å²) in [6.45, 7) is 9.83. The summed E-state index contributed by atoms with van der Waals surface area (Å²) < 4.78 is 0. The Morgan fingerprint density at radius 3 is 2.62 bits per heavy atom. The third-order valence-electron chi connectivity index (χ3n) is 10.1. The molecule has 3 saturated carbocycles. The van der Waals surface area contributed by atoms with Gasteiger partial charge >= 0.3 is 0 Å². The summed E-state index contributed by atoms with van der Waals surface area (Å²) >= 11 is 0. The standard InChI is InChI=1S/C27H44O2/c1-18(2)6-5-7-19(3)23-10-11-24-22-9-8-20-16-21(29)12-15-27(20,17-28)25(22)13-14-26(23,24)4/h8,17-19,21-25,29H,5-7,9-16H2,1-4H3/t19-,21+,22-,23-,24+,25+,26+,27+/m0/s1. The van der Waals surface area contributed by atoms with Crippen molar-refractivity contribution in [1.82, 2.24) is 0 Å². The van der Waals surface area contributed by atoms with Crippen molar-refractivity contribution in [2.24, 2.45) is 46.3 Å². The summed E-state index contributed by atoms with van der Waals surface area (Å²) in [5.74, 6) is 4.53. The molecule has 0 aliphatic heterocycles. The van der Waals surface area contributed by atoms with Crippen LogP contribution in [0.3, 0.4) is 0 Å². The Labute approximate surface area is 178 Å². The van der Waals surface area contributed by atoms with Gasteiger partial charge in [0, 0.05) is 0 Å². The molecule has 0 radical (unpaired) electrons. The topological polar surface area (TPSA) is 37.3 Å². The van der Waals surface area contributed by atoms with E-state index in [1.807, 2.05) is 0 Å². The van der Waals surface area contributed by atoms with Gasteiger partial charge in [0.25, 0.3) is 0 Å². The van der Waals surface area contributed by atoms with Crippen LogP contribution in [0, 0.1) is 46.3 Å². The van der Waals surface area contributed by atoms with E-state index in [0.717, 1.165) is 49.4 Å². The quantitative estimate of drug-likeness (QED) is 0.404. The van der Waals surface area contributed by atoms with Crippen LogP contribution >= 0.6 is 0 Å². The summed E-state index contributed by atoms with van der Waals surface area (Å²) in [6.07, 6.45) is 16.5. The highest BCUT2D eigenvalue weighted by Crippen LogP contribution is 2.67. The molecule has 0 spiro atoms. The fourth-order valence-corrected chi connectivity index (χ4v) is 8.59. The molecule has 2 nitrogen and oxygen atoms in total. The van der Waals surface area contributed by atoms with Crippen molar-refractivity contribution in [3.05, 3.63) is 11.6 Å². The van der Waals surface area contributed by atoms with Crippen LogP contribution in [0.1, 0.15) is 98.3 Å². The number of carbonyl (C=O) groups excluding carboxylic acids is 1. The van der Waals surface area contributed by atoms with Crippen molar-refractivity contribution < 1.29 is 9.90 Å². The van der Waals surface area contributed by atoms with E-state index in [1.165, 1.54) is 56.8 Å². The normalized spacial score (nSPS) is 45.2. The number of fused-ring (bicyclic) bond motifs is 5. The summed E-state index contributed by atoms with van der Waals surface area (Å²) in [4.78, 5) is 12.5. The fourth-order valence-electron chi connectivity index (χ4n) is 8.59. The van der Waals surface area contributed by atoms with Gasteiger partial charge in [-0.15, -0.1) is 0 Å². The second kappa shape index (κ2) is 8.13. The number of hydrogen-bond donors (Lipinski definition) is 1. The molecule has 0 bridgehead atoms. The van der Waals surface area contributed by atoms with Crippen molar-refractivity contribution in [1.29, 1.82) is 0 Å². The predicted molar refractivity (Wildman–Crippen MR) is 119 cm³/mol. The molecule has 164 valence electrons. The van der Waals surface area contributed by atoms with Crippen molar-refractivity contribution in [3.63, 3.8) is 0 Å². The Balaban J connectivity index is 1.52. The van der Waals surface area contributed by atoms with E-state index in [-0.39, 0.29) is 11.5 Å². The third kappa shape index (κ3) is 3.56. The summed E-state index contributed by atoms with van der Waals surface area (Å²) in [5, 5.41) is 10.2. The lowest BCUT2D eigenvalue weighted by Gasteiger charge is -2.57. The monoisotopic (exact) mass is 400 g/mol. The molecule has 4 aliphatic rings. The van der Waals surface area contributed by atoms with Crippen LogP contribution in [0.2, 0.25) is 0 Å². The zero-order valence-electron chi connectivity index (χ0n) is 19.3. The summed E-state index contributed by atoms with van der Waals surface area (Å²) in [6, 6.07) is 0. The lowest BCUT2D eigenvalue weighted by atomic mass is 9.46. The van der Waals surface area contributed by atoms with E-state index in [4.69, 9.17) is 0 Å². The first-order chi connectivity index (χ1) is 13.8. The van der Waals surface area contributed by atoms with Gasteiger partial charge in [0.05, 0.1) is 11.5 Å². The van der Waals surface area contributed by atoms with Gasteiger partial charge in [-0.2, -0.15) is 0 Å². The average molecular weight is 401 g/mol. The molecule has 4 rings (SSSR count). The summed E-state index contributed by atoms with van der Waals surface area (Å²) in [7, 11) is 0. The molecule has 4 aliphatic carbocycles. The van der Waals surface area contributed by atoms with Gasteiger partial charge < -0.3 is 9.90 Å². The number of rotatable bonds is 6. The van der Waals surface area contributed by atoms with Crippen LogP contribution in [0.5, 0.6) is 0 Å². The van der Waals surface area contributed by atoms with E-state index in [2.05, 4.69) is 33.8 Å². The van der Waals surface area contributed by atoms with Crippen LogP contribution < -0.4 is 0 Å². The molecule has 3 fully saturated rings. The summed E-state index contributed by atoms with van der Waals surface area (Å²) in [5.41, 5.74) is 1.51. The highest BCUT2D eigenvalue weighted by atomic mass is 16.3. The van der Waals surface area contributed by atoms with E-state index in [9.17, 15) is 9.90 Å². The van der Waals surface area contributed by atoms with Crippen molar-refractivity contribution in [2.45, 2.75) is 104 Å². The van der Waals surface area contributed by atoms with Crippen molar-refractivity contribution in [3.8, 4) is 0 Å². The largest absolute Gasteiger partial charge is 0.393 e. The van der Waals surface area contributed by atoms with Gasteiger partial charge in [-0.3, -0.25) is 0 Å². The minimum absolute atomic E-state index is 0.234. The molecule has 2 heteroatoms. The maximum atomic E-state index is 12.5. The smallest absolute Gasteiger partial charge is 0.130 e. The Morgan fingerprint density at radius 1 is 1.10 bits per heavy atom. The third-order valence-corrected chi connectivity index (χ3v) is 10.1. The zero-order chi connectivity index (χ0) is 20.8. The first-order valence-corrected chi connectivity index (χ1v) is 12.7. The average Bonchev–Trinajstić information content (AvgIpc) is 3.04. The number of aldehydes is 1. The first kappa shape index (κ1) is 21.6. The van der Waals surface area contributed by atoms with Crippen LogP contribution in [-0.4, -0.2) is 17.5 Å². The lowest BCUT2D eigenvalue weighted by Crippen LogP contribution is -2.52. The number of aliphatic hydroxyl groups is 1. The maximum Gasteiger partial charge on any atom is 0.130 e. The molecule has 0 aromatic heterocycles. The van der Waals surface area contributed by atoms with Crippen LogP contribution in [0.25, 0.3) is 0 Å². The van der Waals surface area contributed by atoms with Crippen molar-refractivity contribution in [2.75, 3.05) is 0 Å². The Hall–Kier alpha value is -0.630. The number of hydrogen-bond acceptors (Lipinski definition) is 2. The molecule has 0 aromatic rings. The Kier molecular flexibility index (Phi) is 6.06. The molecule has 0 heterocycles. The van der Waals surface area contributed by atoms with Gasteiger partial charge in [0.2, 0.25) is 0 Å². The molecule has 8 atom stereocenters. The van der Waals surface area contributed by atoms with Crippen LogP contribution in [0.15, 0.2) is 11.6 Å². The van der Waals surface area contributed by atoms with Crippen LogP contribution in [0.4, 0.5) is 0 Å². The lowest BCUT2D eigenvalue weighted by molar-refractivity contribution is -0.127. The van der Waals surface area contributed by atoms with E-state index < -0.39 is 0 Å². The minimum atomic E-state index is -0.246. The predicted octanol–water partition coefficient (Wildman–Crippen LogP) is 6.57. The van der Waals surface area contributed by atoms with Gasteiger partial charge in [-0.1, -0.05) is 58.6 Å². The highest BCUT2D eigenvalue weighted by Gasteiger charge is 2.60. The molecule has 0 saturated heterocycles. The Morgan fingerprint density at radius 2 is 1.90 bits per heavy atom. The van der Waals surface area contributed by atoms with E-state index in [1.54, 1.807) is 0 Å². The molecule has 0 amide bonds. The number of carbonyl (C=O) groups is 1. The highest BCUT2D eigenvalue weighted by molar-refractivity contribution is 5.67. The van der Waals surface area contributed by atoms with E-state index >= 15 is 0 Å². The molecule has 0 aromatic carbocycles. The van der Waals surface area contributed by atoms with Crippen molar-refractivity contribution >= 4 is 6.29 Å². The first-order valence-electron chi connectivity index (χ1n) is 12.7. The Bertz CT molecular complexity index is 636. The zero-order valence-corrected chi connectivity index (χ0v) is 19.3. The SMILES string of the molecule is CC(C)CCC[C@H](C)[C@@H]1CC[C@@H]2[C@@H]3CC=C4C[C@H](O)CC[C@]4(C=O)[C@@H]3CC[C@@]21C. The number of aliphatic hydroxyl groups excluding tert-OH is 1. The second-order valence-electron chi connectivity index (χ2n) is 11.9. The minimum Gasteiger partial charge on any atom is -0.393 e. The van der Waals surface area contributed by atoms with Gasteiger partial charge in [-0.25, -0.2) is 0 Å². The van der Waals surface area contributed by atoms with Gasteiger partial charge in [0.1, 0.15) is 6.29 Å². The maximum absolute atomic E-state index is 12.5. The van der Waals surface area contributed by atoms with Gasteiger partial charge in [0.15, 0.2) is 0 Å². The molecule has 1 N–H and O–H groups in total. The van der Waals surface area contributed by atoms with E-state index in [0.29, 0.717) is 17.3 Å². The van der Waals surface area contributed by atoms with Crippen LogP contribution in [-0.2, 0) is 4.79 Å². The fraction of sp³-hybridized carbons (Fsp3) is 0.889. The molecule has 29 heavy (non-hydrogen) atoms. The molecular formula is C27H44O2.